The first-order valence-corrected chi connectivity index (χ1v) is 10.7. The van der Waals surface area contributed by atoms with Crippen molar-refractivity contribution in [1.29, 1.82) is 0 Å². The van der Waals surface area contributed by atoms with E-state index in [0.717, 1.165) is 22.3 Å². The van der Waals surface area contributed by atoms with Crippen molar-refractivity contribution in [2.45, 2.75) is 43.7 Å². The van der Waals surface area contributed by atoms with Gasteiger partial charge in [-0.2, -0.15) is 0 Å². The summed E-state index contributed by atoms with van der Waals surface area (Å²) in [6.45, 7) is -2.49. The van der Waals surface area contributed by atoms with Crippen molar-refractivity contribution >= 4 is 11.5 Å². The first kappa shape index (κ1) is 19.7. The molecule has 4 rings (SSSR count). The number of benzene rings is 2. The second-order valence-corrected chi connectivity index (χ2v) is 8.58. The topological polar surface area (TPSA) is 119 Å². The van der Waals surface area contributed by atoms with Gasteiger partial charge in [-0.05, 0) is 22.8 Å². The number of aliphatic hydroxyl groups is 3. The highest BCUT2D eigenvalue weighted by molar-refractivity contribution is 5.84. The van der Waals surface area contributed by atoms with Gasteiger partial charge in [-0.15, -0.1) is 0 Å². The maximum absolute atomic E-state index is 11.5. The summed E-state index contributed by atoms with van der Waals surface area (Å²) in [5.74, 6) is -1.13. The van der Waals surface area contributed by atoms with Gasteiger partial charge < -0.3 is 39.2 Å². The second-order valence-electron chi connectivity index (χ2n) is 8.58. The molecule has 2 unspecified atom stereocenters. The Bertz CT molecular complexity index is 1100. The Morgan fingerprint density at radius 2 is 1.82 bits per heavy atom. The average Bonchev–Trinajstić information content (AvgIpc) is 2.99. The molecule has 8 nitrogen and oxygen atoms in total. The minimum Gasteiger partial charge on any atom is -0.547 e. The lowest BCUT2D eigenvalue weighted by Crippen LogP contribution is -2.69. The molecule has 0 aliphatic carbocycles. The predicted molar refractivity (Wildman–Crippen MR) is 118 cm³/mol. The number of fused-ring (bicyclic) bond motifs is 2. The van der Waals surface area contributed by atoms with E-state index in [-0.39, 0.29) is 13.0 Å². The van der Waals surface area contributed by atoms with Gasteiger partial charge >= 0.3 is 0 Å². The smallest absolute Gasteiger partial charge is 0.222 e. The molecule has 2 aromatic carbocycles. The van der Waals surface area contributed by atoms with E-state index in [4.69, 9.17) is 13.6 Å². The average molecular weight is 459 g/mol. The van der Waals surface area contributed by atoms with Gasteiger partial charge in [0.05, 0.1) is 30.6 Å². The molecule has 0 amide bonds. The van der Waals surface area contributed by atoms with Crippen molar-refractivity contribution in [3.05, 3.63) is 71.3 Å². The molecule has 0 bridgehead atoms. The van der Waals surface area contributed by atoms with E-state index in [2.05, 4.69) is 0 Å². The number of aliphatic carboxylic acids is 1. The number of carbonyl (C=O) groups is 1. The van der Waals surface area contributed by atoms with Crippen molar-refractivity contribution in [1.82, 2.24) is 0 Å². The monoisotopic (exact) mass is 458 g/mol. The molecule has 2 heterocycles. The van der Waals surface area contributed by atoms with Crippen molar-refractivity contribution in [3.63, 3.8) is 0 Å². The zero-order valence-electron chi connectivity index (χ0n) is 21.1. The largest absolute Gasteiger partial charge is 0.547 e. The van der Waals surface area contributed by atoms with Crippen LogP contribution in [0.4, 0.5) is 0 Å². The molecule has 0 radical (unpaired) electrons. The van der Waals surface area contributed by atoms with E-state index in [1.807, 2.05) is 54.6 Å². The third-order valence-electron chi connectivity index (χ3n) is 6.19. The van der Waals surface area contributed by atoms with Crippen LogP contribution in [0.1, 0.15) is 27.2 Å². The fourth-order valence-electron chi connectivity index (χ4n) is 4.38. The molecule has 2 aliphatic rings. The number of ether oxygens (including phenoxy) is 2. The van der Waals surface area contributed by atoms with Crippen LogP contribution in [-0.2, 0) is 16.1 Å². The van der Waals surface area contributed by atoms with E-state index in [1.165, 1.54) is 7.05 Å². The zero-order chi connectivity index (χ0) is 26.3. The standard InChI is InChI=1S/C25H29NO7/c1-26(2,24-22(29)20(27)21(28)23(33-24)25(30)31)13-7-11-17-16-9-4-3-8-15(16)14-32-19-12-6-5-10-18(17)19/h3-6,8-12,20-24,27-29H,7,13-14H2,1-2H3/b17-11+/t20-,21+,22-,23?,24+/m0/s1/i1D3/t20-,21+,22-,23?,24+,26?. The minimum atomic E-state index is -2.76. The van der Waals surface area contributed by atoms with Crippen molar-refractivity contribution in [2.24, 2.45) is 0 Å². The van der Waals surface area contributed by atoms with E-state index in [0.29, 0.717) is 12.4 Å². The Labute approximate surface area is 196 Å². The Morgan fingerprint density at radius 1 is 1.12 bits per heavy atom. The number of para-hydroxylation sites is 1. The Hall–Kier alpha value is -2.75. The maximum atomic E-state index is 11.5. The van der Waals surface area contributed by atoms with Crippen LogP contribution in [0.25, 0.3) is 5.57 Å². The molecule has 8 heteroatoms. The second kappa shape index (κ2) is 9.24. The highest BCUT2D eigenvalue weighted by Crippen LogP contribution is 2.37. The van der Waals surface area contributed by atoms with Crippen LogP contribution in [0.2, 0.25) is 0 Å². The lowest BCUT2D eigenvalue weighted by atomic mass is 9.93. The van der Waals surface area contributed by atoms with Gasteiger partial charge in [-0.3, -0.25) is 0 Å². The quantitative estimate of drug-likeness (QED) is 0.541. The van der Waals surface area contributed by atoms with Gasteiger partial charge in [-0.25, -0.2) is 0 Å². The number of nitrogens with zero attached hydrogens (tertiary/aromatic N) is 1. The number of hydrogen-bond donors (Lipinski definition) is 3. The number of rotatable bonds is 5. The molecule has 176 valence electrons. The Kier molecular flexibility index (Phi) is 5.52. The first-order chi connectivity index (χ1) is 17.0. The zero-order valence-corrected chi connectivity index (χ0v) is 18.1. The van der Waals surface area contributed by atoms with Crippen molar-refractivity contribution in [2.75, 3.05) is 20.6 Å². The summed E-state index contributed by atoms with van der Waals surface area (Å²) in [4.78, 5) is 11.5. The predicted octanol–water partition coefficient (Wildman–Crippen LogP) is 0.0347. The lowest BCUT2D eigenvalue weighted by molar-refractivity contribution is -0.944. The summed E-state index contributed by atoms with van der Waals surface area (Å²) in [6, 6.07) is 15.2. The third kappa shape index (κ3) is 4.53. The SMILES string of the molecule is [2H]C([2H])([2H])[N+](C)(CC/C=C1\c2ccccc2COc2ccccc21)[C@@H]1OC(C(=O)[O-])[C@H](O)[C@H](O)[C@@H]1O. The summed E-state index contributed by atoms with van der Waals surface area (Å²) < 4.78 is 34.9. The molecule has 1 fully saturated rings. The van der Waals surface area contributed by atoms with E-state index < -0.39 is 48.1 Å². The summed E-state index contributed by atoms with van der Waals surface area (Å²) in [6.07, 6.45) is -7.31. The highest BCUT2D eigenvalue weighted by Gasteiger charge is 2.50. The molecule has 33 heavy (non-hydrogen) atoms. The first-order valence-electron chi connectivity index (χ1n) is 12.2. The molecule has 2 aliphatic heterocycles. The van der Waals surface area contributed by atoms with Crippen LogP contribution in [-0.4, -0.2) is 77.0 Å². The van der Waals surface area contributed by atoms with Crippen molar-refractivity contribution in [3.8, 4) is 5.75 Å². The summed E-state index contributed by atoms with van der Waals surface area (Å²) in [7, 11) is 1.30. The number of carboxylic acids is 1. The van der Waals surface area contributed by atoms with Gasteiger partial charge in [0, 0.05) is 12.0 Å². The molecule has 0 aromatic heterocycles. The van der Waals surface area contributed by atoms with Crippen LogP contribution in [0.3, 0.4) is 0 Å². The van der Waals surface area contributed by atoms with Gasteiger partial charge in [0.1, 0.15) is 30.7 Å². The van der Waals surface area contributed by atoms with E-state index >= 15 is 0 Å². The molecular weight excluding hydrogens is 426 g/mol. The number of hydrogen-bond acceptors (Lipinski definition) is 7. The van der Waals surface area contributed by atoms with E-state index in [1.54, 1.807) is 0 Å². The van der Waals surface area contributed by atoms with Crippen LogP contribution in [0, 0.1) is 0 Å². The summed E-state index contributed by atoms with van der Waals surface area (Å²) >= 11 is 0. The van der Waals surface area contributed by atoms with Crippen LogP contribution >= 0.6 is 0 Å². The number of carboxylic acid groups (broad SMARTS) is 1. The number of likely N-dealkylation sites (N-methyl/N-ethyl adjacent to an activating group) is 1. The molecule has 6 atom stereocenters. The fourth-order valence-corrected chi connectivity index (χ4v) is 4.38. The van der Waals surface area contributed by atoms with E-state index in [9.17, 15) is 25.2 Å². The van der Waals surface area contributed by atoms with Crippen LogP contribution in [0.5, 0.6) is 5.75 Å². The van der Waals surface area contributed by atoms with Gasteiger partial charge in [0.2, 0.25) is 6.23 Å². The molecule has 1 saturated heterocycles. The number of carbonyl (C=O) groups excluding carboxylic acids is 1. The van der Waals surface area contributed by atoms with Gasteiger partial charge in [-0.1, -0.05) is 48.5 Å². The van der Waals surface area contributed by atoms with Gasteiger partial charge in [0.25, 0.3) is 0 Å². The van der Waals surface area contributed by atoms with Crippen LogP contribution < -0.4 is 9.84 Å². The number of quaternary nitrogens is 1. The van der Waals surface area contributed by atoms with Crippen molar-refractivity contribution < 1.29 is 43.3 Å². The third-order valence-corrected chi connectivity index (χ3v) is 6.19. The Morgan fingerprint density at radius 3 is 2.55 bits per heavy atom. The summed E-state index contributed by atoms with van der Waals surface area (Å²) in [5, 5.41) is 42.3. The molecule has 3 N–H and O–H groups in total. The molecule has 0 spiro atoms. The summed E-state index contributed by atoms with van der Waals surface area (Å²) in [5.41, 5.74) is 3.60. The normalized spacial score (nSPS) is 31.6. The fraction of sp³-hybridized carbons (Fsp3) is 0.400. The van der Waals surface area contributed by atoms with Gasteiger partial charge in [0.15, 0.2) is 6.10 Å². The molecule has 2 aromatic rings. The Balaban J connectivity index is 1.69. The number of aliphatic hydroxyl groups excluding tert-OH is 3. The minimum absolute atomic E-state index is 0.102. The molecule has 0 saturated carbocycles. The van der Waals surface area contributed by atoms with Crippen LogP contribution in [0.15, 0.2) is 54.6 Å². The molecular formula is C25H29NO7. The lowest BCUT2D eigenvalue weighted by Gasteiger charge is -2.47. The maximum Gasteiger partial charge on any atom is 0.222 e. The highest BCUT2D eigenvalue weighted by atomic mass is 16.6.